The number of nitrogens with one attached hydrogen (secondary N) is 1. The molecule has 12 heteroatoms. The lowest BCUT2D eigenvalue weighted by Gasteiger charge is -2.34. The number of hydrogen-bond donors (Lipinski definition) is 2. The molecule has 0 unspecified atom stereocenters. The van der Waals surface area contributed by atoms with Crippen LogP contribution in [-0.2, 0) is 4.79 Å². The molecule has 1 aliphatic rings. The van der Waals surface area contributed by atoms with E-state index in [0.717, 1.165) is 22.2 Å². The van der Waals surface area contributed by atoms with Crippen LogP contribution in [-0.4, -0.2) is 78.0 Å². The highest BCUT2D eigenvalue weighted by molar-refractivity contribution is 7.99. The zero-order valence-electron chi connectivity index (χ0n) is 19.6. The van der Waals surface area contributed by atoms with Gasteiger partial charge in [-0.3, -0.25) is 4.79 Å². The summed E-state index contributed by atoms with van der Waals surface area (Å²) in [5, 5.41) is 18.1. The number of carbonyl (C=O) groups excluding carboxylic acids is 1. The van der Waals surface area contributed by atoms with E-state index in [1.165, 1.54) is 11.8 Å². The summed E-state index contributed by atoms with van der Waals surface area (Å²) in [6, 6.07) is 14.3. The number of anilines is 1. The molecule has 0 aliphatic carbocycles. The average Bonchev–Trinajstić information content (AvgIpc) is 3.60. The van der Waals surface area contributed by atoms with Crippen molar-refractivity contribution in [1.29, 1.82) is 0 Å². The topological polar surface area (TPSA) is 137 Å². The number of aromatic hydroxyl groups is 1. The zero-order valence-corrected chi connectivity index (χ0v) is 20.4. The monoisotopic (exact) mass is 514 g/mol. The Morgan fingerprint density at radius 2 is 1.76 bits per heavy atom. The highest BCUT2D eigenvalue weighted by Crippen LogP contribution is 2.28. The number of phenols is 1. The number of benzene rings is 2. The Hall–Kier alpha value is -4.45. The normalized spacial score (nSPS) is 13.8. The summed E-state index contributed by atoms with van der Waals surface area (Å²) in [4.78, 5) is 33.1. The minimum atomic E-state index is 0.0269. The average molecular weight is 515 g/mol. The molecule has 0 saturated carbocycles. The highest BCUT2D eigenvalue weighted by Gasteiger charge is 2.23. The van der Waals surface area contributed by atoms with Crippen LogP contribution in [0.3, 0.4) is 0 Å². The molecule has 1 saturated heterocycles. The minimum absolute atomic E-state index is 0.0269. The van der Waals surface area contributed by atoms with Crippen LogP contribution in [0.2, 0.25) is 0 Å². The maximum atomic E-state index is 12.7. The Balaban J connectivity index is 1.07. The van der Waals surface area contributed by atoms with E-state index in [1.54, 1.807) is 42.7 Å². The lowest BCUT2D eigenvalue weighted by Crippen LogP contribution is -2.49. The van der Waals surface area contributed by atoms with Crippen LogP contribution >= 0.6 is 11.8 Å². The molecule has 1 amide bonds. The van der Waals surface area contributed by atoms with Gasteiger partial charge in [-0.15, -0.1) is 10.2 Å². The smallest absolute Gasteiger partial charge is 0.277 e. The number of phenolic OH excluding ortho intramolecular Hbond substituents is 1. The van der Waals surface area contributed by atoms with E-state index >= 15 is 0 Å². The SMILES string of the molecule is O=C(CSc1nnc(-c2ccc3nc(-c4ccc(O)cc4)[nH]c3c2)o1)N1CCN(c2ncccn2)CC1. The Morgan fingerprint density at radius 1 is 1.00 bits per heavy atom. The van der Waals surface area contributed by atoms with Crippen molar-refractivity contribution >= 4 is 34.7 Å². The van der Waals surface area contributed by atoms with Gasteiger partial charge in [0.2, 0.25) is 17.7 Å². The first kappa shape index (κ1) is 23.0. The van der Waals surface area contributed by atoms with Crippen LogP contribution < -0.4 is 4.90 Å². The molecule has 0 atom stereocenters. The highest BCUT2D eigenvalue weighted by atomic mass is 32.2. The Morgan fingerprint density at radius 3 is 2.54 bits per heavy atom. The second-order valence-corrected chi connectivity index (χ2v) is 9.37. The van der Waals surface area contributed by atoms with Crippen LogP contribution in [0.25, 0.3) is 33.9 Å². The van der Waals surface area contributed by atoms with E-state index in [1.807, 2.05) is 23.1 Å². The number of hydrogen-bond acceptors (Lipinski definition) is 10. The number of piperazine rings is 1. The largest absolute Gasteiger partial charge is 0.508 e. The van der Waals surface area contributed by atoms with Gasteiger partial charge in [0.25, 0.3) is 5.22 Å². The van der Waals surface area contributed by atoms with Gasteiger partial charge >= 0.3 is 0 Å². The molecular weight excluding hydrogens is 492 g/mol. The number of carbonyl (C=O) groups is 1. The van der Waals surface area contributed by atoms with Gasteiger partial charge in [0.05, 0.1) is 16.8 Å². The number of H-pyrrole nitrogens is 1. The summed E-state index contributed by atoms with van der Waals surface area (Å²) in [6.45, 7) is 2.61. The molecule has 1 fully saturated rings. The van der Waals surface area contributed by atoms with Crippen molar-refractivity contribution in [2.45, 2.75) is 5.22 Å². The molecule has 0 bridgehead atoms. The number of nitrogens with zero attached hydrogens (tertiary/aromatic N) is 7. The Bertz CT molecular complexity index is 1530. The maximum absolute atomic E-state index is 12.7. The minimum Gasteiger partial charge on any atom is -0.508 e. The van der Waals surface area contributed by atoms with Gasteiger partial charge in [-0.1, -0.05) is 11.8 Å². The molecule has 37 heavy (non-hydrogen) atoms. The van der Waals surface area contributed by atoms with Crippen LogP contribution in [0.15, 0.2) is 70.6 Å². The maximum Gasteiger partial charge on any atom is 0.277 e. The molecule has 2 N–H and O–H groups in total. The van der Waals surface area contributed by atoms with Crippen LogP contribution in [0.5, 0.6) is 5.75 Å². The molecule has 0 radical (unpaired) electrons. The van der Waals surface area contributed by atoms with Crippen molar-refractivity contribution < 1.29 is 14.3 Å². The molecule has 3 aromatic heterocycles. The number of fused-ring (bicyclic) bond motifs is 1. The first-order chi connectivity index (χ1) is 18.1. The van der Waals surface area contributed by atoms with Gasteiger partial charge in [0.15, 0.2) is 0 Å². The Labute approximate surface area is 215 Å². The van der Waals surface area contributed by atoms with E-state index in [2.05, 4.69) is 35.0 Å². The first-order valence-corrected chi connectivity index (χ1v) is 12.7. The summed E-state index contributed by atoms with van der Waals surface area (Å²) in [6.07, 6.45) is 3.44. The van der Waals surface area contributed by atoms with Crippen molar-refractivity contribution in [1.82, 2.24) is 35.0 Å². The lowest BCUT2D eigenvalue weighted by atomic mass is 10.2. The fraction of sp³-hybridized carbons (Fsp3) is 0.200. The number of amides is 1. The van der Waals surface area contributed by atoms with Crippen LogP contribution in [0.1, 0.15) is 0 Å². The van der Waals surface area contributed by atoms with Crippen molar-refractivity contribution in [2.24, 2.45) is 0 Å². The molecule has 4 heterocycles. The molecular formula is C25H22N8O3S. The predicted molar refractivity (Wildman–Crippen MR) is 138 cm³/mol. The second kappa shape index (κ2) is 9.90. The summed E-state index contributed by atoms with van der Waals surface area (Å²) < 4.78 is 5.82. The zero-order chi connectivity index (χ0) is 25.2. The van der Waals surface area contributed by atoms with Gasteiger partial charge in [0, 0.05) is 49.7 Å². The number of aromatic nitrogens is 6. The number of imidazole rings is 1. The van der Waals surface area contributed by atoms with E-state index in [-0.39, 0.29) is 17.4 Å². The Kier molecular flexibility index (Phi) is 6.15. The predicted octanol–water partition coefficient (Wildman–Crippen LogP) is 3.22. The third-order valence-electron chi connectivity index (χ3n) is 6.06. The first-order valence-electron chi connectivity index (χ1n) is 11.7. The molecule has 186 valence electrons. The summed E-state index contributed by atoms with van der Waals surface area (Å²) in [5.74, 6) is 2.21. The van der Waals surface area contributed by atoms with E-state index in [4.69, 9.17) is 4.42 Å². The van der Waals surface area contributed by atoms with Gasteiger partial charge < -0.3 is 24.3 Å². The van der Waals surface area contributed by atoms with Crippen molar-refractivity contribution in [3.63, 3.8) is 0 Å². The standard InChI is InChI=1S/C25H22N8O3S/c34-18-5-2-16(3-6-18)22-28-19-7-4-17(14-20(19)29-22)23-30-31-25(36-23)37-15-21(35)32-10-12-33(13-11-32)24-26-8-1-9-27-24/h1-9,14,34H,10-13,15H2,(H,28,29). The quantitative estimate of drug-likeness (QED) is 0.325. The van der Waals surface area contributed by atoms with Crippen molar-refractivity contribution in [3.8, 4) is 28.6 Å². The summed E-state index contributed by atoms with van der Waals surface area (Å²) in [7, 11) is 0. The van der Waals surface area contributed by atoms with Crippen molar-refractivity contribution in [2.75, 3.05) is 36.8 Å². The second-order valence-electron chi connectivity index (χ2n) is 8.44. The lowest BCUT2D eigenvalue weighted by molar-refractivity contribution is -0.128. The van der Waals surface area contributed by atoms with Gasteiger partial charge in [-0.2, -0.15) is 0 Å². The molecule has 0 spiro atoms. The molecule has 2 aromatic carbocycles. The van der Waals surface area contributed by atoms with Crippen LogP contribution in [0, 0.1) is 0 Å². The van der Waals surface area contributed by atoms with Gasteiger partial charge in [0.1, 0.15) is 11.6 Å². The van der Waals surface area contributed by atoms with E-state index in [9.17, 15) is 9.90 Å². The number of thioether (sulfide) groups is 1. The van der Waals surface area contributed by atoms with E-state index in [0.29, 0.717) is 49.1 Å². The number of rotatable bonds is 6. The summed E-state index contributed by atoms with van der Waals surface area (Å²) in [5.41, 5.74) is 3.23. The van der Waals surface area contributed by atoms with E-state index < -0.39 is 0 Å². The molecule has 5 aromatic rings. The van der Waals surface area contributed by atoms with Gasteiger partial charge in [-0.05, 0) is 48.5 Å². The third kappa shape index (κ3) is 4.96. The fourth-order valence-corrected chi connectivity index (χ4v) is 4.77. The molecule has 6 rings (SSSR count). The van der Waals surface area contributed by atoms with Gasteiger partial charge in [-0.25, -0.2) is 15.0 Å². The fourth-order valence-electron chi connectivity index (χ4n) is 4.11. The third-order valence-corrected chi connectivity index (χ3v) is 6.87. The van der Waals surface area contributed by atoms with Crippen LogP contribution in [0.4, 0.5) is 5.95 Å². The molecule has 11 nitrogen and oxygen atoms in total. The number of aromatic amines is 1. The summed E-state index contributed by atoms with van der Waals surface area (Å²) >= 11 is 1.23. The van der Waals surface area contributed by atoms with Crippen molar-refractivity contribution in [3.05, 3.63) is 60.9 Å². The molecule has 1 aliphatic heterocycles.